The molecule has 3 N–H and O–H groups in total. The van der Waals surface area contributed by atoms with Crippen LogP contribution < -0.4 is 20.7 Å². The number of hydrogen-bond donors (Lipinski definition) is 3. The third-order valence-electron chi connectivity index (χ3n) is 4.15. The maximum Gasteiger partial charge on any atom is 0.319 e. The number of ether oxygens (including phenoxy) is 1. The molecule has 0 unspecified atom stereocenters. The third-order valence-corrected chi connectivity index (χ3v) is 4.15. The van der Waals surface area contributed by atoms with Crippen LogP contribution in [0.25, 0.3) is 5.65 Å². The van der Waals surface area contributed by atoms with Crippen LogP contribution in [0, 0.1) is 5.92 Å². The highest BCUT2D eigenvalue weighted by Gasteiger charge is 2.30. The number of nitrogens with zero attached hydrogens (tertiary/aromatic N) is 3. The average Bonchev–Trinajstić information content (AvgIpc) is 3.43. The molecule has 0 radical (unpaired) electrons. The second kappa shape index (κ2) is 7.55. The first-order valence-electron chi connectivity index (χ1n) is 9.11. The Morgan fingerprint density at radius 2 is 2.07 bits per heavy atom. The minimum Gasteiger partial charge on any atom is -0.438 e. The number of hydrogen-bond acceptors (Lipinski definition) is 5. The molecule has 3 aromatic rings. The summed E-state index contributed by atoms with van der Waals surface area (Å²) in [6, 6.07) is 10.2. The Hall–Kier alpha value is -3.62. The van der Waals surface area contributed by atoms with Gasteiger partial charge in [-0.3, -0.25) is 4.79 Å². The maximum atomic E-state index is 11.9. The van der Waals surface area contributed by atoms with Crippen molar-refractivity contribution in [1.82, 2.24) is 19.9 Å². The number of benzene rings is 1. The summed E-state index contributed by atoms with van der Waals surface area (Å²) in [6.45, 7) is 2.39. The van der Waals surface area contributed by atoms with Crippen molar-refractivity contribution < 1.29 is 14.3 Å². The van der Waals surface area contributed by atoms with Crippen molar-refractivity contribution in [2.45, 2.75) is 19.8 Å². The lowest BCUT2D eigenvalue weighted by atomic mass is 10.3. The Bertz CT molecular complexity index is 1030. The normalized spacial score (nSPS) is 13.2. The van der Waals surface area contributed by atoms with E-state index in [1.54, 1.807) is 47.1 Å². The van der Waals surface area contributed by atoms with Gasteiger partial charge in [0.2, 0.25) is 11.8 Å². The zero-order chi connectivity index (χ0) is 19.5. The zero-order valence-electron chi connectivity index (χ0n) is 15.3. The number of urea groups is 1. The predicted molar refractivity (Wildman–Crippen MR) is 104 cm³/mol. The summed E-state index contributed by atoms with van der Waals surface area (Å²) in [5.74, 6) is 1.46. The Labute approximate surface area is 161 Å². The summed E-state index contributed by atoms with van der Waals surface area (Å²) in [6.07, 6.45) is 3.52. The third kappa shape index (κ3) is 4.20. The molecule has 9 nitrogen and oxygen atoms in total. The van der Waals surface area contributed by atoms with Crippen molar-refractivity contribution in [2.75, 3.05) is 17.2 Å². The summed E-state index contributed by atoms with van der Waals surface area (Å²) in [5.41, 5.74) is 1.21. The smallest absolute Gasteiger partial charge is 0.319 e. The van der Waals surface area contributed by atoms with Gasteiger partial charge in [-0.05, 0) is 38.0 Å². The lowest BCUT2D eigenvalue weighted by Crippen LogP contribution is -2.28. The molecule has 9 heteroatoms. The first kappa shape index (κ1) is 17.8. The molecule has 28 heavy (non-hydrogen) atoms. The van der Waals surface area contributed by atoms with Gasteiger partial charge in [0, 0.05) is 30.3 Å². The fourth-order valence-corrected chi connectivity index (χ4v) is 2.65. The first-order valence-corrected chi connectivity index (χ1v) is 9.11. The molecule has 2 aromatic heterocycles. The fourth-order valence-electron chi connectivity index (χ4n) is 2.65. The Morgan fingerprint density at radius 1 is 1.21 bits per heavy atom. The molecule has 3 amide bonds. The molecule has 1 fully saturated rings. The summed E-state index contributed by atoms with van der Waals surface area (Å²) < 4.78 is 7.34. The van der Waals surface area contributed by atoms with Crippen molar-refractivity contribution in [1.29, 1.82) is 0 Å². The fraction of sp³-hybridized carbons (Fsp3) is 0.263. The highest BCUT2D eigenvalue weighted by Crippen LogP contribution is 2.30. The van der Waals surface area contributed by atoms with Gasteiger partial charge in [-0.25, -0.2) is 14.3 Å². The van der Waals surface area contributed by atoms with Gasteiger partial charge in [-0.1, -0.05) is 6.07 Å². The maximum absolute atomic E-state index is 11.9. The van der Waals surface area contributed by atoms with Crippen LogP contribution in [-0.2, 0) is 4.79 Å². The van der Waals surface area contributed by atoms with E-state index in [4.69, 9.17) is 4.74 Å². The van der Waals surface area contributed by atoms with E-state index in [9.17, 15) is 9.59 Å². The van der Waals surface area contributed by atoms with Crippen molar-refractivity contribution in [3.05, 3.63) is 42.6 Å². The summed E-state index contributed by atoms with van der Waals surface area (Å²) >= 11 is 0. The molecule has 0 spiro atoms. The largest absolute Gasteiger partial charge is 0.438 e. The first-order chi connectivity index (χ1) is 13.6. The van der Waals surface area contributed by atoms with Gasteiger partial charge in [0.25, 0.3) is 0 Å². The Balaban J connectivity index is 1.47. The van der Waals surface area contributed by atoms with E-state index in [-0.39, 0.29) is 17.9 Å². The molecule has 144 valence electrons. The van der Waals surface area contributed by atoms with Gasteiger partial charge in [-0.2, -0.15) is 0 Å². The van der Waals surface area contributed by atoms with Gasteiger partial charge in [-0.15, -0.1) is 5.10 Å². The van der Waals surface area contributed by atoms with E-state index < -0.39 is 0 Å². The van der Waals surface area contributed by atoms with Gasteiger partial charge >= 0.3 is 6.03 Å². The summed E-state index contributed by atoms with van der Waals surface area (Å²) in [4.78, 5) is 27.8. The van der Waals surface area contributed by atoms with E-state index in [0.717, 1.165) is 12.8 Å². The number of amides is 3. The minimum absolute atomic E-state index is 0.00342. The van der Waals surface area contributed by atoms with Crippen LogP contribution in [0.4, 0.5) is 16.3 Å². The van der Waals surface area contributed by atoms with Crippen LogP contribution in [0.3, 0.4) is 0 Å². The number of nitrogens with one attached hydrogen (secondary N) is 3. The van der Waals surface area contributed by atoms with Gasteiger partial charge in [0.05, 0.1) is 6.20 Å². The molecule has 0 aliphatic heterocycles. The topological polar surface area (TPSA) is 110 Å². The molecule has 0 saturated heterocycles. The van der Waals surface area contributed by atoms with Crippen LogP contribution in [0.5, 0.6) is 11.6 Å². The zero-order valence-corrected chi connectivity index (χ0v) is 15.3. The number of imidazole rings is 1. The Morgan fingerprint density at radius 3 is 2.86 bits per heavy atom. The van der Waals surface area contributed by atoms with E-state index in [1.807, 2.05) is 6.92 Å². The molecule has 1 aliphatic carbocycles. The average molecular weight is 380 g/mol. The lowest BCUT2D eigenvalue weighted by molar-refractivity contribution is -0.117. The van der Waals surface area contributed by atoms with E-state index in [0.29, 0.717) is 35.3 Å². The van der Waals surface area contributed by atoms with Crippen LogP contribution in [-0.4, -0.2) is 33.1 Å². The molecule has 1 aliphatic rings. The van der Waals surface area contributed by atoms with Crippen LogP contribution in [0.1, 0.15) is 19.8 Å². The molecule has 4 rings (SSSR count). The highest BCUT2D eigenvalue weighted by atomic mass is 16.5. The van der Waals surface area contributed by atoms with Crippen LogP contribution in [0.15, 0.2) is 42.6 Å². The monoisotopic (exact) mass is 380 g/mol. The van der Waals surface area contributed by atoms with Gasteiger partial charge in [0.15, 0.2) is 11.5 Å². The van der Waals surface area contributed by atoms with Crippen LogP contribution in [0.2, 0.25) is 0 Å². The summed E-state index contributed by atoms with van der Waals surface area (Å²) in [7, 11) is 0. The highest BCUT2D eigenvalue weighted by molar-refractivity contribution is 5.93. The summed E-state index contributed by atoms with van der Waals surface area (Å²) in [5, 5.41) is 12.6. The standard InChI is InChI=1S/C19H20N6O3/c1-2-20-19(27)21-13-4-3-5-14(10-13)28-17-9-8-16-22-15(11-25(16)24-17)23-18(26)12-6-7-12/h3-5,8-12H,2,6-7H2,1H3,(H,23,26)(H2,20,21,27). The second-order valence-electron chi connectivity index (χ2n) is 6.48. The molecule has 1 saturated carbocycles. The van der Waals surface area contributed by atoms with E-state index in [2.05, 4.69) is 26.0 Å². The predicted octanol–water partition coefficient (Wildman–Crippen LogP) is 3.01. The number of rotatable bonds is 6. The van der Waals surface area contributed by atoms with Crippen molar-refractivity contribution >= 4 is 29.1 Å². The second-order valence-corrected chi connectivity index (χ2v) is 6.48. The molecular weight excluding hydrogens is 360 g/mol. The van der Waals surface area contributed by atoms with E-state index >= 15 is 0 Å². The minimum atomic E-state index is -0.279. The van der Waals surface area contributed by atoms with Gasteiger partial charge < -0.3 is 20.7 Å². The van der Waals surface area contributed by atoms with Crippen molar-refractivity contribution in [2.24, 2.45) is 5.92 Å². The Kier molecular flexibility index (Phi) is 4.79. The number of carbonyl (C=O) groups is 2. The van der Waals surface area contributed by atoms with Crippen molar-refractivity contribution in [3.8, 4) is 11.6 Å². The van der Waals surface area contributed by atoms with Crippen molar-refractivity contribution in [3.63, 3.8) is 0 Å². The molecule has 1 aromatic carbocycles. The van der Waals surface area contributed by atoms with Gasteiger partial charge in [0.1, 0.15) is 5.75 Å². The molecule has 0 atom stereocenters. The number of fused-ring (bicyclic) bond motifs is 1. The molecular formula is C19H20N6O3. The molecule has 2 heterocycles. The van der Waals surface area contributed by atoms with Crippen LogP contribution >= 0.6 is 0 Å². The lowest BCUT2D eigenvalue weighted by Gasteiger charge is -2.08. The SMILES string of the molecule is CCNC(=O)Nc1cccc(Oc2ccc3nc(NC(=O)C4CC4)cn3n2)c1. The molecule has 0 bridgehead atoms. The van der Waals surface area contributed by atoms with E-state index in [1.165, 1.54) is 0 Å². The number of aromatic nitrogens is 3. The number of anilines is 2. The number of carbonyl (C=O) groups excluding carboxylic acids is 2. The quantitative estimate of drug-likeness (QED) is 0.609.